The number of allylic oxidation sites excluding steroid dienone is 3. The number of ether oxygens (including phenoxy) is 2. The van der Waals surface area contributed by atoms with E-state index in [9.17, 15) is 30.3 Å². The number of aliphatic hydroxyl groups is 5. The molecule has 7 atom stereocenters. The Bertz CT molecular complexity index is 1380. The summed E-state index contributed by atoms with van der Waals surface area (Å²) in [5, 5.41) is 54.8. The number of carbonyl (C=O) groups excluding carboxylic acids is 1. The Hall–Kier alpha value is -1.33. The van der Waals surface area contributed by atoms with Crippen LogP contribution in [-0.2, 0) is 14.3 Å². The number of hydrogen-bond acceptors (Lipinski definition) is 8. The van der Waals surface area contributed by atoms with Crippen LogP contribution in [0.3, 0.4) is 0 Å². The van der Waals surface area contributed by atoms with Gasteiger partial charge in [0.25, 0.3) is 0 Å². The Morgan fingerprint density at radius 1 is 0.393 bits per heavy atom. The van der Waals surface area contributed by atoms with Gasteiger partial charge in [-0.2, -0.15) is 0 Å². The summed E-state index contributed by atoms with van der Waals surface area (Å²) in [7, 11) is 0. The highest BCUT2D eigenvalue weighted by Gasteiger charge is 2.44. The molecular weight excluding hydrogens is 1040 g/mol. The van der Waals surface area contributed by atoms with Crippen molar-refractivity contribution in [2.45, 2.75) is 436 Å². The maximum absolute atomic E-state index is 13.1. The standard InChI is InChI=1S/C75H145NO8/c1-3-5-7-9-11-13-15-17-19-21-23-25-27-29-30-31-32-33-34-35-36-37-38-39-40-41-43-45-47-49-51-53-55-57-59-61-63-65-71(79)76-68(67-83-75-74(82)73(81)72(80)70(66-77)84-75)69(78)64-62-60-58-56-54-52-50-48-46-44-42-28-26-24-22-20-18-16-14-12-10-8-6-4-2/h54,56,62,64,68-70,72-75,77-78,80-82H,3-53,55,57-61,63,65-67H2,1-2H3,(H,76,79)/b56-54+,64-62+. The lowest BCUT2D eigenvalue weighted by Crippen LogP contribution is -2.60. The fourth-order valence-corrected chi connectivity index (χ4v) is 12.4. The topological polar surface area (TPSA) is 149 Å². The molecule has 9 nitrogen and oxygen atoms in total. The second-order valence-electron chi connectivity index (χ2n) is 26.4. The zero-order valence-electron chi connectivity index (χ0n) is 55.9. The molecule has 6 N–H and O–H groups in total. The summed E-state index contributed by atoms with van der Waals surface area (Å²) in [5.74, 6) is -0.177. The summed E-state index contributed by atoms with van der Waals surface area (Å²) in [6.07, 6.45) is 78.9. The molecule has 1 aliphatic rings. The quantitative estimate of drug-likeness (QED) is 0.0261. The van der Waals surface area contributed by atoms with Gasteiger partial charge < -0.3 is 40.3 Å². The Labute approximate surface area is 521 Å². The van der Waals surface area contributed by atoms with Crippen molar-refractivity contribution in [2.24, 2.45) is 0 Å². The molecule has 0 aromatic heterocycles. The molecule has 84 heavy (non-hydrogen) atoms. The summed E-state index contributed by atoms with van der Waals surface area (Å²) in [4.78, 5) is 13.1. The smallest absolute Gasteiger partial charge is 0.220 e. The lowest BCUT2D eigenvalue weighted by molar-refractivity contribution is -0.302. The first-order chi connectivity index (χ1) is 41.3. The van der Waals surface area contributed by atoms with Crippen molar-refractivity contribution in [3.63, 3.8) is 0 Å². The summed E-state index contributed by atoms with van der Waals surface area (Å²) in [5.41, 5.74) is 0. The van der Waals surface area contributed by atoms with E-state index in [1.807, 2.05) is 6.08 Å². The van der Waals surface area contributed by atoms with Crippen molar-refractivity contribution in [1.29, 1.82) is 0 Å². The van der Waals surface area contributed by atoms with Crippen LogP contribution in [0.2, 0.25) is 0 Å². The number of rotatable bonds is 67. The number of nitrogens with one attached hydrogen (secondary N) is 1. The van der Waals surface area contributed by atoms with E-state index in [2.05, 4.69) is 31.3 Å². The van der Waals surface area contributed by atoms with Crippen molar-refractivity contribution in [3.05, 3.63) is 24.3 Å². The molecule has 0 aliphatic carbocycles. The third kappa shape index (κ3) is 52.6. The van der Waals surface area contributed by atoms with Gasteiger partial charge in [-0.1, -0.05) is 378 Å². The van der Waals surface area contributed by atoms with Gasteiger partial charge in [-0.25, -0.2) is 0 Å². The average Bonchev–Trinajstić information content (AvgIpc) is 3.69. The third-order valence-corrected chi connectivity index (χ3v) is 18.3. The lowest BCUT2D eigenvalue weighted by atomic mass is 9.99. The van der Waals surface area contributed by atoms with Crippen molar-refractivity contribution >= 4 is 5.91 Å². The van der Waals surface area contributed by atoms with E-state index in [-0.39, 0.29) is 12.5 Å². The van der Waals surface area contributed by atoms with E-state index in [1.54, 1.807) is 6.08 Å². The maximum atomic E-state index is 13.1. The molecule has 1 heterocycles. The van der Waals surface area contributed by atoms with Gasteiger partial charge in [0.2, 0.25) is 5.91 Å². The molecule has 1 rings (SSSR count). The number of amides is 1. The number of carbonyl (C=O) groups is 1. The van der Waals surface area contributed by atoms with Gasteiger partial charge in [0, 0.05) is 6.42 Å². The first-order valence-corrected chi connectivity index (χ1v) is 37.6. The zero-order chi connectivity index (χ0) is 60.7. The van der Waals surface area contributed by atoms with E-state index in [0.717, 1.165) is 38.5 Å². The Morgan fingerprint density at radius 2 is 0.679 bits per heavy atom. The summed E-state index contributed by atoms with van der Waals surface area (Å²) in [6.45, 7) is 3.83. The molecule has 9 heteroatoms. The Morgan fingerprint density at radius 3 is 1.00 bits per heavy atom. The predicted octanol–water partition coefficient (Wildman–Crippen LogP) is 20.8. The Kier molecular flexibility index (Phi) is 62.1. The van der Waals surface area contributed by atoms with E-state index in [1.165, 1.54) is 334 Å². The highest BCUT2D eigenvalue weighted by Crippen LogP contribution is 2.24. The van der Waals surface area contributed by atoms with Gasteiger partial charge in [-0.15, -0.1) is 0 Å². The Balaban J connectivity index is 2.07. The van der Waals surface area contributed by atoms with Crippen LogP contribution in [0.4, 0.5) is 0 Å². The maximum Gasteiger partial charge on any atom is 0.220 e. The van der Waals surface area contributed by atoms with Gasteiger partial charge in [0.1, 0.15) is 24.4 Å². The van der Waals surface area contributed by atoms with E-state index < -0.39 is 49.5 Å². The van der Waals surface area contributed by atoms with Crippen LogP contribution in [0.15, 0.2) is 24.3 Å². The van der Waals surface area contributed by atoms with Crippen molar-refractivity contribution in [1.82, 2.24) is 5.32 Å². The number of hydrogen-bond donors (Lipinski definition) is 6. The molecule has 0 aromatic carbocycles. The van der Waals surface area contributed by atoms with Crippen LogP contribution in [0, 0.1) is 0 Å². The molecule has 0 spiro atoms. The molecule has 0 bridgehead atoms. The van der Waals surface area contributed by atoms with Crippen molar-refractivity contribution in [2.75, 3.05) is 13.2 Å². The van der Waals surface area contributed by atoms with Gasteiger partial charge in [-0.05, 0) is 32.1 Å². The molecular formula is C75H145NO8. The molecule has 0 radical (unpaired) electrons. The molecule has 498 valence electrons. The second-order valence-corrected chi connectivity index (χ2v) is 26.4. The van der Waals surface area contributed by atoms with Gasteiger partial charge >= 0.3 is 0 Å². The summed E-state index contributed by atoms with van der Waals surface area (Å²) < 4.78 is 11.3. The van der Waals surface area contributed by atoms with Gasteiger partial charge in [-0.3, -0.25) is 4.79 Å². The van der Waals surface area contributed by atoms with Crippen LogP contribution in [0.5, 0.6) is 0 Å². The molecule has 1 fully saturated rings. The van der Waals surface area contributed by atoms with Gasteiger partial charge in [0.05, 0.1) is 25.4 Å². The minimum absolute atomic E-state index is 0.177. The monoisotopic (exact) mass is 1190 g/mol. The highest BCUT2D eigenvalue weighted by molar-refractivity contribution is 5.76. The first-order valence-electron chi connectivity index (χ1n) is 37.6. The minimum Gasteiger partial charge on any atom is -0.394 e. The van der Waals surface area contributed by atoms with Crippen LogP contribution in [0.25, 0.3) is 0 Å². The van der Waals surface area contributed by atoms with E-state index in [0.29, 0.717) is 6.42 Å². The summed E-state index contributed by atoms with van der Waals surface area (Å²) >= 11 is 0. The molecule has 1 amide bonds. The third-order valence-electron chi connectivity index (χ3n) is 18.3. The van der Waals surface area contributed by atoms with E-state index in [4.69, 9.17) is 9.47 Å². The van der Waals surface area contributed by atoms with Crippen LogP contribution >= 0.6 is 0 Å². The number of aliphatic hydroxyl groups excluding tert-OH is 5. The summed E-state index contributed by atoms with van der Waals surface area (Å²) in [6, 6.07) is -0.820. The number of unbranched alkanes of at least 4 members (excludes halogenated alkanes) is 55. The SMILES string of the molecule is CCCCCCCCCCCCCCCCCCCC/C=C/CC/C=C/C(O)C(COC1OC(CO)C(O)C(O)C1O)NC(=O)CCCCCCCCCCCCCCCCCCCCCCCCCCCCCCCCCCCCCCC. The van der Waals surface area contributed by atoms with Gasteiger partial charge in [0.15, 0.2) is 6.29 Å². The fraction of sp³-hybridized carbons (Fsp3) is 0.933. The van der Waals surface area contributed by atoms with Crippen LogP contribution < -0.4 is 5.32 Å². The molecule has 1 saturated heterocycles. The fourth-order valence-electron chi connectivity index (χ4n) is 12.4. The van der Waals surface area contributed by atoms with E-state index >= 15 is 0 Å². The zero-order valence-corrected chi connectivity index (χ0v) is 55.9. The lowest BCUT2D eigenvalue weighted by Gasteiger charge is -2.40. The molecule has 1 aliphatic heterocycles. The second kappa shape index (κ2) is 64.6. The van der Waals surface area contributed by atoms with Crippen LogP contribution in [0.1, 0.15) is 393 Å². The minimum atomic E-state index is -1.57. The van der Waals surface area contributed by atoms with Crippen LogP contribution in [-0.4, -0.2) is 87.5 Å². The predicted molar refractivity (Wildman–Crippen MR) is 360 cm³/mol. The van der Waals surface area contributed by atoms with Crippen molar-refractivity contribution in [3.8, 4) is 0 Å². The average molecular weight is 1190 g/mol. The largest absolute Gasteiger partial charge is 0.394 e. The normalized spacial score (nSPS) is 18.2. The van der Waals surface area contributed by atoms with Crippen molar-refractivity contribution < 1.29 is 39.8 Å². The highest BCUT2D eigenvalue weighted by atomic mass is 16.7. The first kappa shape index (κ1) is 80.7. The molecule has 7 unspecified atom stereocenters. The molecule has 0 aromatic rings. The molecule has 0 saturated carbocycles.